The van der Waals surface area contributed by atoms with E-state index in [0.717, 1.165) is 0 Å². The molecule has 1 aliphatic rings. The molecule has 5 nitrogen and oxygen atoms in total. The van der Waals surface area contributed by atoms with Crippen LogP contribution in [0.4, 0.5) is 0 Å². The number of esters is 1. The monoisotopic (exact) mass is 159 g/mol. The molecule has 0 aliphatic carbocycles. The Labute approximate surface area is 62.5 Å². The maximum Gasteiger partial charge on any atom is 0.377 e. The molecule has 0 amide bonds. The van der Waals surface area contributed by atoms with Gasteiger partial charge in [-0.2, -0.15) is 0 Å². The first-order valence-electron chi connectivity index (χ1n) is 2.88. The second kappa shape index (κ2) is 2.43. The summed E-state index contributed by atoms with van der Waals surface area (Å²) in [5.74, 6) is -2.58. The van der Waals surface area contributed by atoms with E-state index in [-0.39, 0.29) is 0 Å². The first kappa shape index (κ1) is 7.87. The predicted molar refractivity (Wildman–Crippen MR) is 33.5 cm³/mol. The number of ether oxygens (including phenoxy) is 1. The zero-order valence-corrected chi connectivity index (χ0v) is 5.52. The number of carbonyl (C=O) groups is 1. The predicted octanol–water partition coefficient (Wildman–Crippen LogP) is -0.566. The standard InChI is InChI=1S/C6H7O5/c1-2(7)5-3(8)4(9)6(10)11-5/h2,5,7-9H,1H2. The van der Waals surface area contributed by atoms with Crippen molar-refractivity contribution in [2.45, 2.75) is 12.2 Å². The van der Waals surface area contributed by atoms with Crippen molar-refractivity contribution < 1.29 is 24.9 Å². The van der Waals surface area contributed by atoms with E-state index in [9.17, 15) is 4.79 Å². The molecule has 0 aromatic carbocycles. The summed E-state index contributed by atoms with van der Waals surface area (Å²) in [5, 5.41) is 26.3. The van der Waals surface area contributed by atoms with Gasteiger partial charge in [-0.15, -0.1) is 0 Å². The van der Waals surface area contributed by atoms with Crippen LogP contribution in [-0.2, 0) is 9.53 Å². The summed E-state index contributed by atoms with van der Waals surface area (Å²) >= 11 is 0. The van der Waals surface area contributed by atoms with E-state index in [0.29, 0.717) is 0 Å². The summed E-state index contributed by atoms with van der Waals surface area (Å²) in [4.78, 5) is 10.5. The van der Waals surface area contributed by atoms with Crippen LogP contribution in [0.5, 0.6) is 0 Å². The van der Waals surface area contributed by atoms with Crippen LogP contribution in [0.2, 0.25) is 0 Å². The molecule has 1 heterocycles. The molecule has 0 spiro atoms. The quantitative estimate of drug-likeness (QED) is 0.446. The smallest absolute Gasteiger partial charge is 0.377 e. The molecule has 2 atom stereocenters. The van der Waals surface area contributed by atoms with Gasteiger partial charge in [-0.05, 0) is 6.92 Å². The normalized spacial score (nSPS) is 27.1. The molecule has 11 heavy (non-hydrogen) atoms. The molecular formula is C6H7O5. The molecule has 61 valence electrons. The SMILES string of the molecule is [CH2]C(O)C1OC(=O)C(O)=C1O. The third kappa shape index (κ3) is 1.14. The van der Waals surface area contributed by atoms with E-state index in [1.165, 1.54) is 0 Å². The van der Waals surface area contributed by atoms with Crippen LogP contribution in [0, 0.1) is 6.92 Å². The van der Waals surface area contributed by atoms with Crippen molar-refractivity contribution in [1.82, 2.24) is 0 Å². The zero-order chi connectivity index (χ0) is 8.59. The van der Waals surface area contributed by atoms with Crippen molar-refractivity contribution >= 4 is 5.97 Å². The topological polar surface area (TPSA) is 87.0 Å². The van der Waals surface area contributed by atoms with E-state index in [2.05, 4.69) is 11.7 Å². The number of cyclic esters (lactones) is 1. The lowest BCUT2D eigenvalue weighted by atomic mass is 10.2. The average Bonchev–Trinajstić information content (AvgIpc) is 2.17. The summed E-state index contributed by atoms with van der Waals surface area (Å²) in [6.45, 7) is 3.11. The molecule has 0 bridgehead atoms. The molecule has 1 radical (unpaired) electrons. The van der Waals surface area contributed by atoms with E-state index >= 15 is 0 Å². The van der Waals surface area contributed by atoms with Crippen molar-refractivity contribution in [1.29, 1.82) is 0 Å². The van der Waals surface area contributed by atoms with Gasteiger partial charge in [0.1, 0.15) is 0 Å². The third-order valence-corrected chi connectivity index (χ3v) is 1.29. The second-order valence-electron chi connectivity index (χ2n) is 2.13. The number of hydrogen-bond donors (Lipinski definition) is 3. The summed E-state index contributed by atoms with van der Waals surface area (Å²) in [7, 11) is 0. The molecular weight excluding hydrogens is 152 g/mol. The molecule has 0 saturated carbocycles. The lowest BCUT2D eigenvalue weighted by Crippen LogP contribution is -2.25. The van der Waals surface area contributed by atoms with Gasteiger partial charge in [0, 0.05) is 0 Å². The minimum Gasteiger partial charge on any atom is -0.505 e. The largest absolute Gasteiger partial charge is 0.505 e. The first-order chi connectivity index (χ1) is 5.04. The highest BCUT2D eigenvalue weighted by molar-refractivity contribution is 5.89. The summed E-state index contributed by atoms with van der Waals surface area (Å²) in [5.41, 5.74) is 0. The number of carbonyl (C=O) groups excluding carboxylic acids is 1. The van der Waals surface area contributed by atoms with Gasteiger partial charge in [0.15, 0.2) is 11.9 Å². The van der Waals surface area contributed by atoms with Crippen LogP contribution in [0.1, 0.15) is 0 Å². The van der Waals surface area contributed by atoms with Crippen LogP contribution < -0.4 is 0 Å². The molecule has 1 aliphatic heterocycles. The molecule has 3 N–H and O–H groups in total. The summed E-state index contributed by atoms with van der Waals surface area (Å²) in [6, 6.07) is 0. The average molecular weight is 159 g/mol. The number of rotatable bonds is 1. The fourth-order valence-corrected chi connectivity index (χ4v) is 0.727. The van der Waals surface area contributed by atoms with Crippen molar-refractivity contribution in [3.05, 3.63) is 18.4 Å². The highest BCUT2D eigenvalue weighted by Gasteiger charge is 2.37. The van der Waals surface area contributed by atoms with Crippen molar-refractivity contribution in [2.24, 2.45) is 0 Å². The zero-order valence-electron chi connectivity index (χ0n) is 5.52. The van der Waals surface area contributed by atoms with Gasteiger partial charge in [-0.1, -0.05) is 0 Å². The van der Waals surface area contributed by atoms with Gasteiger partial charge in [0.05, 0.1) is 6.10 Å². The Bertz CT molecular complexity index is 217. The van der Waals surface area contributed by atoms with E-state index in [1.807, 2.05) is 0 Å². The van der Waals surface area contributed by atoms with Gasteiger partial charge in [0.25, 0.3) is 0 Å². The first-order valence-corrected chi connectivity index (χ1v) is 2.88. The van der Waals surface area contributed by atoms with Crippen molar-refractivity contribution in [3.63, 3.8) is 0 Å². The van der Waals surface area contributed by atoms with E-state index in [4.69, 9.17) is 15.3 Å². The Morgan fingerprint density at radius 3 is 2.27 bits per heavy atom. The van der Waals surface area contributed by atoms with Crippen molar-refractivity contribution in [2.75, 3.05) is 0 Å². The maximum absolute atomic E-state index is 10.5. The molecule has 1 rings (SSSR count). The number of hydrogen-bond acceptors (Lipinski definition) is 5. The number of aliphatic hydroxyl groups excluding tert-OH is 3. The van der Waals surface area contributed by atoms with Gasteiger partial charge in [-0.25, -0.2) is 4.79 Å². The van der Waals surface area contributed by atoms with Crippen LogP contribution in [0.3, 0.4) is 0 Å². The van der Waals surface area contributed by atoms with Gasteiger partial charge >= 0.3 is 5.97 Å². The Morgan fingerprint density at radius 2 is 2.09 bits per heavy atom. The van der Waals surface area contributed by atoms with Gasteiger partial charge < -0.3 is 20.1 Å². The van der Waals surface area contributed by atoms with Crippen molar-refractivity contribution in [3.8, 4) is 0 Å². The second-order valence-corrected chi connectivity index (χ2v) is 2.13. The summed E-state index contributed by atoms with van der Waals surface area (Å²) in [6.07, 6.45) is -2.51. The lowest BCUT2D eigenvalue weighted by molar-refractivity contribution is -0.145. The van der Waals surface area contributed by atoms with Crippen LogP contribution in [-0.4, -0.2) is 33.5 Å². The minimum atomic E-state index is -1.27. The molecule has 0 aromatic rings. The highest BCUT2D eigenvalue weighted by Crippen LogP contribution is 2.20. The Kier molecular flexibility index (Phi) is 1.74. The molecule has 0 saturated heterocycles. The Balaban J connectivity index is 2.86. The lowest BCUT2D eigenvalue weighted by Gasteiger charge is -2.11. The van der Waals surface area contributed by atoms with Crippen LogP contribution in [0.15, 0.2) is 11.5 Å². The fraction of sp³-hybridized carbons (Fsp3) is 0.333. The van der Waals surface area contributed by atoms with E-state index in [1.54, 1.807) is 0 Å². The molecule has 0 fully saturated rings. The highest BCUT2D eigenvalue weighted by atomic mass is 16.6. The molecule has 2 unspecified atom stereocenters. The van der Waals surface area contributed by atoms with Gasteiger partial charge in [0.2, 0.25) is 5.76 Å². The van der Waals surface area contributed by atoms with Crippen LogP contribution in [0.25, 0.3) is 0 Å². The number of aliphatic hydroxyl groups is 3. The Hall–Kier alpha value is -1.23. The van der Waals surface area contributed by atoms with Gasteiger partial charge in [-0.3, -0.25) is 0 Å². The molecule has 0 aromatic heterocycles. The minimum absolute atomic E-state index is 0.669. The summed E-state index contributed by atoms with van der Waals surface area (Å²) < 4.78 is 4.32. The molecule has 5 heteroatoms. The van der Waals surface area contributed by atoms with Crippen LogP contribution >= 0.6 is 0 Å². The maximum atomic E-state index is 10.5. The van der Waals surface area contributed by atoms with E-state index < -0.39 is 29.7 Å². The fourth-order valence-electron chi connectivity index (χ4n) is 0.727. The Morgan fingerprint density at radius 1 is 1.55 bits per heavy atom. The third-order valence-electron chi connectivity index (χ3n) is 1.29.